The summed E-state index contributed by atoms with van der Waals surface area (Å²) < 4.78 is 13.5. The van der Waals surface area contributed by atoms with Gasteiger partial charge in [0.2, 0.25) is 0 Å². The third-order valence-electron chi connectivity index (χ3n) is 5.54. The summed E-state index contributed by atoms with van der Waals surface area (Å²) in [6.45, 7) is 1.82. The number of benzene rings is 2. The van der Waals surface area contributed by atoms with E-state index in [9.17, 15) is 9.18 Å². The molecule has 1 amide bonds. The Labute approximate surface area is 185 Å². The summed E-state index contributed by atoms with van der Waals surface area (Å²) >= 11 is 12.3. The largest absolute Gasteiger partial charge is 0.341 e. The molecule has 0 saturated heterocycles. The molecule has 0 radical (unpaired) electrons. The first-order valence-corrected chi connectivity index (χ1v) is 10.8. The number of imidazole rings is 1. The van der Waals surface area contributed by atoms with Gasteiger partial charge in [0.05, 0.1) is 5.02 Å². The van der Waals surface area contributed by atoms with E-state index in [2.05, 4.69) is 9.97 Å². The lowest BCUT2D eigenvalue weighted by Crippen LogP contribution is -2.42. The molecule has 1 saturated carbocycles. The van der Waals surface area contributed by atoms with Crippen molar-refractivity contribution >= 4 is 34.8 Å². The van der Waals surface area contributed by atoms with Crippen molar-refractivity contribution in [2.24, 2.45) is 0 Å². The fourth-order valence-electron chi connectivity index (χ4n) is 4.03. The molecule has 0 aliphatic heterocycles. The maximum Gasteiger partial charge on any atom is 0.279 e. The van der Waals surface area contributed by atoms with Crippen molar-refractivity contribution in [2.45, 2.75) is 45.1 Å². The fourth-order valence-corrected chi connectivity index (χ4v) is 4.52. The summed E-state index contributed by atoms with van der Waals surface area (Å²) in [4.78, 5) is 23.2. The van der Waals surface area contributed by atoms with Crippen LogP contribution in [0.4, 0.5) is 10.1 Å². The van der Waals surface area contributed by atoms with E-state index in [-0.39, 0.29) is 17.8 Å². The molecule has 2 aromatic carbocycles. The molecular formula is C23H22Cl2FN3O. The standard InChI is InChI=1S/C23H22Cl2FN3O/c1-14-21(28-22(27-14)19-12-7-15(24)13-20(19)25)23(30)29(17-5-3-2-4-6-17)18-10-8-16(26)9-11-18/h7-13,17H,2-6H2,1H3,(H,27,28). The Balaban J connectivity index is 1.72. The maximum absolute atomic E-state index is 13.6. The molecule has 1 heterocycles. The number of aromatic amines is 1. The number of anilines is 1. The highest BCUT2D eigenvalue weighted by Gasteiger charge is 2.30. The minimum atomic E-state index is -0.328. The molecule has 4 nitrogen and oxygen atoms in total. The summed E-state index contributed by atoms with van der Waals surface area (Å²) in [5.41, 5.74) is 2.35. The van der Waals surface area contributed by atoms with E-state index in [0.717, 1.165) is 25.7 Å². The highest BCUT2D eigenvalue weighted by molar-refractivity contribution is 6.36. The molecule has 4 rings (SSSR count). The first-order valence-electron chi connectivity index (χ1n) is 10.0. The van der Waals surface area contributed by atoms with Crippen LogP contribution in [0.25, 0.3) is 11.4 Å². The minimum Gasteiger partial charge on any atom is -0.341 e. The molecule has 7 heteroatoms. The number of amides is 1. The Morgan fingerprint density at radius 3 is 2.47 bits per heavy atom. The van der Waals surface area contributed by atoms with Gasteiger partial charge in [-0.2, -0.15) is 0 Å². The van der Waals surface area contributed by atoms with Crippen LogP contribution < -0.4 is 4.90 Å². The predicted molar refractivity (Wildman–Crippen MR) is 119 cm³/mol. The molecule has 3 aromatic rings. The summed E-state index contributed by atoms with van der Waals surface area (Å²) in [6, 6.07) is 11.3. The molecule has 1 aliphatic carbocycles. The van der Waals surface area contributed by atoms with Gasteiger partial charge in [0.15, 0.2) is 0 Å². The van der Waals surface area contributed by atoms with Crippen molar-refractivity contribution in [3.8, 4) is 11.4 Å². The number of rotatable bonds is 4. The van der Waals surface area contributed by atoms with Crippen LogP contribution in [0.5, 0.6) is 0 Å². The molecule has 1 N–H and O–H groups in total. The highest BCUT2D eigenvalue weighted by Crippen LogP contribution is 2.32. The Bertz CT molecular complexity index is 1060. The number of hydrogen-bond acceptors (Lipinski definition) is 2. The topological polar surface area (TPSA) is 49.0 Å². The number of aromatic nitrogens is 2. The van der Waals surface area contributed by atoms with E-state index in [4.69, 9.17) is 23.2 Å². The molecule has 0 unspecified atom stereocenters. The Kier molecular flexibility index (Phi) is 6.11. The van der Waals surface area contributed by atoms with Crippen molar-refractivity contribution in [3.05, 3.63) is 69.7 Å². The van der Waals surface area contributed by atoms with E-state index >= 15 is 0 Å². The van der Waals surface area contributed by atoms with Gasteiger partial charge in [0.1, 0.15) is 17.3 Å². The number of carbonyl (C=O) groups excluding carboxylic acids is 1. The summed E-state index contributed by atoms with van der Waals surface area (Å²) in [6.07, 6.45) is 5.15. The zero-order valence-corrected chi connectivity index (χ0v) is 18.1. The van der Waals surface area contributed by atoms with E-state index < -0.39 is 0 Å². The normalized spacial score (nSPS) is 14.7. The van der Waals surface area contributed by atoms with Crippen LogP contribution in [0.1, 0.15) is 48.3 Å². The Morgan fingerprint density at radius 1 is 1.10 bits per heavy atom. The summed E-state index contributed by atoms with van der Waals surface area (Å²) in [5.74, 6) is -0.00998. The van der Waals surface area contributed by atoms with Crippen LogP contribution in [0.3, 0.4) is 0 Å². The first-order chi connectivity index (χ1) is 14.4. The molecule has 1 aliphatic rings. The number of carbonyl (C=O) groups is 1. The molecule has 0 spiro atoms. The van der Waals surface area contributed by atoms with Crippen LogP contribution in [-0.2, 0) is 0 Å². The zero-order valence-electron chi connectivity index (χ0n) is 16.6. The molecule has 0 atom stereocenters. The minimum absolute atomic E-state index is 0.0652. The molecule has 1 fully saturated rings. The Morgan fingerprint density at radius 2 is 1.80 bits per heavy atom. The predicted octanol–water partition coefficient (Wildman–Crippen LogP) is 6.81. The average molecular weight is 446 g/mol. The molecular weight excluding hydrogens is 424 g/mol. The van der Waals surface area contributed by atoms with Gasteiger partial charge < -0.3 is 9.88 Å². The summed E-state index contributed by atoms with van der Waals surface area (Å²) in [7, 11) is 0. The second-order valence-electron chi connectivity index (χ2n) is 7.63. The van der Waals surface area contributed by atoms with Gasteiger partial charge in [0.25, 0.3) is 5.91 Å². The zero-order chi connectivity index (χ0) is 21.3. The number of halogens is 3. The van der Waals surface area contributed by atoms with Crippen molar-refractivity contribution in [2.75, 3.05) is 4.90 Å². The van der Waals surface area contributed by atoms with Crippen molar-refractivity contribution < 1.29 is 9.18 Å². The van der Waals surface area contributed by atoms with E-state index in [0.29, 0.717) is 38.5 Å². The third-order valence-corrected chi connectivity index (χ3v) is 6.08. The second-order valence-corrected chi connectivity index (χ2v) is 8.47. The van der Waals surface area contributed by atoms with Crippen LogP contribution in [0.15, 0.2) is 42.5 Å². The van der Waals surface area contributed by atoms with E-state index in [1.807, 2.05) is 6.92 Å². The average Bonchev–Trinajstić information content (AvgIpc) is 3.11. The lowest BCUT2D eigenvalue weighted by atomic mass is 9.93. The van der Waals surface area contributed by atoms with Gasteiger partial charge in [-0.15, -0.1) is 0 Å². The van der Waals surface area contributed by atoms with Crippen molar-refractivity contribution in [1.29, 1.82) is 0 Å². The van der Waals surface area contributed by atoms with Crippen LogP contribution >= 0.6 is 23.2 Å². The number of hydrogen-bond donors (Lipinski definition) is 1. The van der Waals surface area contributed by atoms with Gasteiger partial charge in [-0.3, -0.25) is 4.79 Å². The molecule has 156 valence electrons. The fraction of sp³-hybridized carbons (Fsp3) is 0.304. The van der Waals surface area contributed by atoms with Gasteiger partial charge in [-0.25, -0.2) is 9.37 Å². The van der Waals surface area contributed by atoms with Crippen molar-refractivity contribution in [1.82, 2.24) is 9.97 Å². The number of H-pyrrole nitrogens is 1. The number of nitrogens with zero attached hydrogens (tertiary/aromatic N) is 2. The summed E-state index contributed by atoms with van der Waals surface area (Å²) in [5, 5.41) is 0.987. The van der Waals surface area contributed by atoms with Crippen LogP contribution in [-0.4, -0.2) is 21.9 Å². The molecule has 1 aromatic heterocycles. The van der Waals surface area contributed by atoms with E-state index in [1.165, 1.54) is 18.6 Å². The number of nitrogens with one attached hydrogen (secondary N) is 1. The third kappa shape index (κ3) is 4.23. The van der Waals surface area contributed by atoms with E-state index in [1.54, 1.807) is 35.2 Å². The van der Waals surface area contributed by atoms with Crippen molar-refractivity contribution in [3.63, 3.8) is 0 Å². The van der Waals surface area contributed by atoms with Gasteiger partial charge in [-0.1, -0.05) is 42.5 Å². The monoisotopic (exact) mass is 445 g/mol. The van der Waals surface area contributed by atoms with Crippen LogP contribution in [0, 0.1) is 12.7 Å². The lowest BCUT2D eigenvalue weighted by molar-refractivity contribution is 0.0965. The quantitative estimate of drug-likeness (QED) is 0.479. The second kappa shape index (κ2) is 8.78. The van der Waals surface area contributed by atoms with Gasteiger partial charge in [0, 0.05) is 28.0 Å². The number of aryl methyl sites for hydroxylation is 1. The highest BCUT2D eigenvalue weighted by atomic mass is 35.5. The Hall–Kier alpha value is -2.37. The first kappa shape index (κ1) is 20.9. The SMILES string of the molecule is Cc1[nH]c(-c2ccc(Cl)cc2Cl)nc1C(=O)N(c1ccc(F)cc1)C1CCCCC1. The van der Waals surface area contributed by atoms with Gasteiger partial charge >= 0.3 is 0 Å². The molecule has 30 heavy (non-hydrogen) atoms. The van der Waals surface area contributed by atoms with Gasteiger partial charge in [-0.05, 0) is 62.2 Å². The smallest absolute Gasteiger partial charge is 0.279 e. The van der Waals surface area contributed by atoms with Crippen LogP contribution in [0.2, 0.25) is 10.0 Å². The molecule has 0 bridgehead atoms. The lowest BCUT2D eigenvalue weighted by Gasteiger charge is -2.34. The maximum atomic E-state index is 13.6.